The molecule has 3 aromatic rings. The molecule has 1 aromatic carbocycles. The molecule has 3 heterocycles. The number of para-hydroxylation sites is 2. The monoisotopic (exact) mass is 294 g/mol. The zero-order valence-electron chi connectivity index (χ0n) is 12.2. The van der Waals surface area contributed by atoms with Gasteiger partial charge < -0.3 is 10.6 Å². The lowest BCUT2D eigenvalue weighted by atomic mass is 10.1. The predicted octanol–water partition coefficient (Wildman–Crippen LogP) is 1.84. The first-order chi connectivity index (χ1) is 10.9. The summed E-state index contributed by atoms with van der Waals surface area (Å²) in [6.45, 7) is 3.08. The van der Waals surface area contributed by atoms with Gasteiger partial charge in [0.05, 0.1) is 11.0 Å². The number of nitrogens with zero attached hydrogens (tertiary/aromatic N) is 4. The minimum absolute atomic E-state index is 0.654. The van der Waals surface area contributed by atoms with Gasteiger partial charge in [-0.25, -0.2) is 9.97 Å². The van der Waals surface area contributed by atoms with Crippen LogP contribution in [0, 0.1) is 5.92 Å². The van der Waals surface area contributed by atoms with Gasteiger partial charge in [0.2, 0.25) is 5.95 Å². The van der Waals surface area contributed by atoms with E-state index in [4.69, 9.17) is 0 Å². The van der Waals surface area contributed by atoms with Gasteiger partial charge >= 0.3 is 0 Å². The van der Waals surface area contributed by atoms with Crippen LogP contribution in [0.4, 0.5) is 5.95 Å². The molecule has 0 saturated carbocycles. The molecule has 0 bridgehead atoms. The molecule has 22 heavy (non-hydrogen) atoms. The molecular weight excluding hydrogens is 276 g/mol. The highest BCUT2D eigenvalue weighted by Crippen LogP contribution is 2.17. The number of nitrogens with one attached hydrogen (secondary N) is 2. The van der Waals surface area contributed by atoms with Crippen LogP contribution in [0.1, 0.15) is 6.42 Å². The second kappa shape index (κ2) is 5.73. The van der Waals surface area contributed by atoms with E-state index in [0.29, 0.717) is 11.9 Å². The zero-order chi connectivity index (χ0) is 14.8. The average Bonchev–Trinajstić information content (AvgIpc) is 3.23. The summed E-state index contributed by atoms with van der Waals surface area (Å²) in [6.07, 6.45) is 4.79. The summed E-state index contributed by atoms with van der Waals surface area (Å²) in [5.74, 6) is 2.15. The van der Waals surface area contributed by atoms with Gasteiger partial charge in [-0.3, -0.25) is 4.57 Å². The molecule has 1 saturated heterocycles. The highest BCUT2D eigenvalue weighted by atomic mass is 15.2. The fraction of sp³-hybridized carbons (Fsp3) is 0.312. The van der Waals surface area contributed by atoms with Gasteiger partial charge in [-0.2, -0.15) is 4.98 Å². The Balaban J connectivity index is 1.58. The lowest BCUT2D eigenvalue weighted by molar-refractivity contribution is 0.612. The van der Waals surface area contributed by atoms with Crippen LogP contribution in [0.25, 0.3) is 16.9 Å². The molecule has 0 aliphatic carbocycles. The molecule has 2 aromatic heterocycles. The number of imidazole rings is 1. The second-order valence-corrected chi connectivity index (χ2v) is 5.58. The highest BCUT2D eigenvalue weighted by Gasteiger charge is 2.14. The van der Waals surface area contributed by atoms with Gasteiger partial charge in [-0.15, -0.1) is 0 Å². The van der Waals surface area contributed by atoms with E-state index in [1.165, 1.54) is 6.42 Å². The standard InChI is InChI=1S/C16H18N6/c1-2-4-14-13(3-1)20-11-22(14)15-6-8-18-16(21-15)19-10-12-5-7-17-9-12/h1-4,6,8,11-12,17H,5,7,9-10H2,(H,18,19,21). The Hall–Kier alpha value is -2.47. The van der Waals surface area contributed by atoms with E-state index in [0.717, 1.165) is 36.5 Å². The number of fused-ring (bicyclic) bond motifs is 1. The Labute approximate surface area is 128 Å². The van der Waals surface area contributed by atoms with E-state index in [2.05, 4.69) is 25.6 Å². The normalized spacial score (nSPS) is 17.9. The van der Waals surface area contributed by atoms with E-state index < -0.39 is 0 Å². The molecule has 0 radical (unpaired) electrons. The average molecular weight is 294 g/mol. The molecular formula is C16H18N6. The second-order valence-electron chi connectivity index (χ2n) is 5.58. The fourth-order valence-electron chi connectivity index (χ4n) is 2.83. The topological polar surface area (TPSA) is 67.7 Å². The minimum atomic E-state index is 0.654. The lowest BCUT2D eigenvalue weighted by Gasteiger charge is -2.11. The van der Waals surface area contributed by atoms with Crippen LogP contribution in [0.2, 0.25) is 0 Å². The number of benzene rings is 1. The van der Waals surface area contributed by atoms with Crippen LogP contribution in [-0.4, -0.2) is 39.2 Å². The van der Waals surface area contributed by atoms with Crippen molar-refractivity contribution in [2.45, 2.75) is 6.42 Å². The summed E-state index contributed by atoms with van der Waals surface area (Å²) >= 11 is 0. The third kappa shape index (κ3) is 2.53. The van der Waals surface area contributed by atoms with Crippen LogP contribution in [0.5, 0.6) is 0 Å². The van der Waals surface area contributed by atoms with Crippen molar-refractivity contribution in [3.8, 4) is 5.82 Å². The zero-order valence-corrected chi connectivity index (χ0v) is 12.2. The van der Waals surface area contributed by atoms with Crippen LogP contribution >= 0.6 is 0 Å². The molecule has 6 heteroatoms. The molecule has 1 unspecified atom stereocenters. The van der Waals surface area contributed by atoms with Crippen molar-refractivity contribution in [3.05, 3.63) is 42.9 Å². The summed E-state index contributed by atoms with van der Waals surface area (Å²) in [5, 5.41) is 6.71. The maximum absolute atomic E-state index is 4.61. The molecule has 1 fully saturated rings. The summed E-state index contributed by atoms with van der Waals surface area (Å²) < 4.78 is 1.99. The van der Waals surface area contributed by atoms with E-state index in [-0.39, 0.29) is 0 Å². The Morgan fingerprint density at radius 3 is 3.09 bits per heavy atom. The SMILES string of the molecule is c1ccc2c(c1)ncn2-c1ccnc(NCC2CCNC2)n1. The van der Waals surface area contributed by atoms with Crippen molar-refractivity contribution in [2.24, 2.45) is 5.92 Å². The van der Waals surface area contributed by atoms with Gasteiger partial charge in [0, 0.05) is 12.7 Å². The quantitative estimate of drug-likeness (QED) is 0.768. The largest absolute Gasteiger partial charge is 0.354 e. The third-order valence-electron chi connectivity index (χ3n) is 4.05. The van der Waals surface area contributed by atoms with Crippen LogP contribution in [0.3, 0.4) is 0 Å². The number of rotatable bonds is 4. The van der Waals surface area contributed by atoms with E-state index in [1.54, 1.807) is 12.5 Å². The smallest absolute Gasteiger partial charge is 0.224 e. The first-order valence-corrected chi connectivity index (χ1v) is 7.60. The summed E-state index contributed by atoms with van der Waals surface area (Å²) in [5.41, 5.74) is 2.01. The van der Waals surface area contributed by atoms with Crippen molar-refractivity contribution in [3.63, 3.8) is 0 Å². The van der Waals surface area contributed by atoms with E-state index in [9.17, 15) is 0 Å². The molecule has 4 rings (SSSR count). The number of hydrogen-bond donors (Lipinski definition) is 2. The van der Waals surface area contributed by atoms with Crippen molar-refractivity contribution >= 4 is 17.0 Å². The van der Waals surface area contributed by atoms with Crippen molar-refractivity contribution < 1.29 is 0 Å². The number of hydrogen-bond acceptors (Lipinski definition) is 5. The third-order valence-corrected chi connectivity index (χ3v) is 4.05. The van der Waals surface area contributed by atoms with E-state index in [1.807, 2.05) is 34.9 Å². The summed E-state index contributed by atoms with van der Waals surface area (Å²) in [4.78, 5) is 13.3. The Morgan fingerprint density at radius 1 is 1.23 bits per heavy atom. The van der Waals surface area contributed by atoms with Crippen LogP contribution in [0.15, 0.2) is 42.9 Å². The Morgan fingerprint density at radius 2 is 2.18 bits per heavy atom. The molecule has 2 N–H and O–H groups in total. The van der Waals surface area contributed by atoms with Crippen molar-refractivity contribution in [1.82, 2.24) is 24.8 Å². The first kappa shape index (κ1) is 13.2. The maximum atomic E-state index is 4.61. The Bertz CT molecular complexity index is 775. The number of aromatic nitrogens is 4. The predicted molar refractivity (Wildman–Crippen MR) is 86.1 cm³/mol. The molecule has 112 valence electrons. The van der Waals surface area contributed by atoms with E-state index >= 15 is 0 Å². The summed E-state index contributed by atoms with van der Waals surface area (Å²) in [7, 11) is 0. The van der Waals surface area contributed by atoms with Gasteiger partial charge in [-0.05, 0) is 43.6 Å². The minimum Gasteiger partial charge on any atom is -0.354 e. The molecule has 0 amide bonds. The summed E-state index contributed by atoms with van der Waals surface area (Å²) in [6, 6.07) is 9.94. The van der Waals surface area contributed by atoms with Crippen molar-refractivity contribution in [2.75, 3.05) is 25.0 Å². The molecule has 6 nitrogen and oxygen atoms in total. The highest BCUT2D eigenvalue weighted by molar-refractivity contribution is 5.76. The molecule has 1 aliphatic heterocycles. The van der Waals surface area contributed by atoms with Crippen molar-refractivity contribution in [1.29, 1.82) is 0 Å². The van der Waals surface area contributed by atoms with Gasteiger partial charge in [0.25, 0.3) is 0 Å². The van der Waals surface area contributed by atoms with Crippen LogP contribution in [-0.2, 0) is 0 Å². The first-order valence-electron chi connectivity index (χ1n) is 7.60. The van der Waals surface area contributed by atoms with Gasteiger partial charge in [-0.1, -0.05) is 12.1 Å². The molecule has 1 aliphatic rings. The van der Waals surface area contributed by atoms with Gasteiger partial charge in [0.15, 0.2) is 0 Å². The fourth-order valence-corrected chi connectivity index (χ4v) is 2.83. The maximum Gasteiger partial charge on any atom is 0.224 e. The lowest BCUT2D eigenvalue weighted by Crippen LogP contribution is -2.18. The molecule has 1 atom stereocenters. The van der Waals surface area contributed by atoms with Crippen LogP contribution < -0.4 is 10.6 Å². The number of anilines is 1. The molecule has 0 spiro atoms. The Kier molecular flexibility index (Phi) is 3.44. The van der Waals surface area contributed by atoms with Gasteiger partial charge in [0.1, 0.15) is 12.1 Å².